The number of alkyl halides is 3. The van der Waals surface area contributed by atoms with Crippen LogP contribution >= 0.6 is 0 Å². The number of carbonyl (C=O) groups is 1. The van der Waals surface area contributed by atoms with Gasteiger partial charge in [0.2, 0.25) is 5.91 Å². The second-order valence-electron chi connectivity index (χ2n) is 7.85. The Labute approximate surface area is 166 Å². The third kappa shape index (κ3) is 4.28. The molecule has 29 heavy (non-hydrogen) atoms. The number of anilines is 3. The van der Waals surface area contributed by atoms with Gasteiger partial charge in [0.1, 0.15) is 17.1 Å². The van der Waals surface area contributed by atoms with Crippen LogP contribution in [0.3, 0.4) is 0 Å². The lowest BCUT2D eigenvalue weighted by molar-refractivity contribution is -0.137. The largest absolute Gasteiger partial charge is 0.495 e. The van der Waals surface area contributed by atoms with Gasteiger partial charge in [0.25, 0.3) is 10.9 Å². The lowest BCUT2D eigenvalue weighted by Gasteiger charge is -2.32. The van der Waals surface area contributed by atoms with Crippen LogP contribution in [0.5, 0.6) is 5.75 Å². The molecule has 2 aromatic rings. The first-order valence-electron chi connectivity index (χ1n) is 8.86. The third-order valence-electron chi connectivity index (χ3n) is 4.83. The summed E-state index contributed by atoms with van der Waals surface area (Å²) < 4.78 is 44.7. The van der Waals surface area contributed by atoms with Gasteiger partial charge in [0.05, 0.1) is 18.4 Å². The fourth-order valence-corrected chi connectivity index (χ4v) is 2.65. The van der Waals surface area contributed by atoms with E-state index in [-0.39, 0.29) is 34.3 Å². The number of hydrogen-bond donors (Lipinski definition) is 1. The Hall–Kier alpha value is -2.84. The maximum atomic E-state index is 13.2. The molecular formula is C20H23F3N2O4. The van der Waals surface area contributed by atoms with Crippen LogP contribution in [0.2, 0.25) is 0 Å². The molecule has 0 aliphatic rings. The quantitative estimate of drug-likeness (QED) is 0.756. The molecule has 0 bridgehead atoms. The van der Waals surface area contributed by atoms with Crippen LogP contribution in [-0.4, -0.2) is 19.1 Å². The molecule has 0 spiro atoms. The van der Waals surface area contributed by atoms with E-state index < -0.39 is 28.5 Å². The molecule has 0 heterocycles. The van der Waals surface area contributed by atoms with Crippen LogP contribution in [0, 0.1) is 5.41 Å². The SMILES string of the molecule is COc1ccc(C(F)(F)F)cc1N(C(C)=O)c1c(NC(C)C(C)(C)C)c(=O)c1=O. The van der Waals surface area contributed by atoms with Crippen molar-refractivity contribution in [3.05, 3.63) is 44.2 Å². The molecule has 1 unspecified atom stereocenters. The molecule has 2 aromatic carbocycles. The maximum Gasteiger partial charge on any atom is 0.416 e. The van der Waals surface area contributed by atoms with E-state index >= 15 is 0 Å². The van der Waals surface area contributed by atoms with E-state index in [2.05, 4.69) is 5.32 Å². The van der Waals surface area contributed by atoms with E-state index in [4.69, 9.17) is 4.74 Å². The maximum absolute atomic E-state index is 13.2. The van der Waals surface area contributed by atoms with Gasteiger partial charge in [-0.2, -0.15) is 13.2 Å². The summed E-state index contributed by atoms with van der Waals surface area (Å²) in [4.78, 5) is 37.6. The molecule has 158 valence electrons. The van der Waals surface area contributed by atoms with Gasteiger partial charge in [-0.05, 0) is 30.5 Å². The fraction of sp³-hybridized carbons (Fsp3) is 0.450. The van der Waals surface area contributed by atoms with Crippen LogP contribution in [0.25, 0.3) is 0 Å². The minimum absolute atomic E-state index is 0.0453. The molecule has 0 saturated heterocycles. The highest BCUT2D eigenvalue weighted by molar-refractivity contribution is 6.04. The number of amides is 1. The number of rotatable bonds is 5. The molecule has 6 nitrogen and oxygen atoms in total. The van der Waals surface area contributed by atoms with E-state index in [1.54, 1.807) is 6.92 Å². The zero-order valence-corrected chi connectivity index (χ0v) is 17.0. The van der Waals surface area contributed by atoms with E-state index in [0.29, 0.717) is 6.07 Å². The number of nitrogens with one attached hydrogen (secondary N) is 1. The summed E-state index contributed by atoms with van der Waals surface area (Å²) in [6.45, 7) is 8.62. The Bertz CT molecular complexity index is 999. The van der Waals surface area contributed by atoms with Crippen LogP contribution in [0.1, 0.15) is 40.2 Å². The molecule has 0 fully saturated rings. The number of methoxy groups -OCH3 is 1. The zero-order valence-electron chi connectivity index (χ0n) is 17.0. The molecule has 1 atom stereocenters. The standard InChI is InChI=1S/C20H23F3N2O4/c1-10(19(3,4)5)24-15-16(18(28)17(15)27)25(11(2)26)13-9-12(20(21,22)23)7-8-14(13)29-6/h7-10,24H,1-6H3. The van der Waals surface area contributed by atoms with Crippen molar-refractivity contribution in [1.29, 1.82) is 0 Å². The van der Waals surface area contributed by atoms with Gasteiger partial charge < -0.3 is 10.1 Å². The number of nitrogens with zero attached hydrogens (tertiary/aromatic N) is 1. The Morgan fingerprint density at radius 1 is 1.14 bits per heavy atom. The summed E-state index contributed by atoms with van der Waals surface area (Å²) in [5.41, 5.74) is -3.75. The molecule has 1 amide bonds. The van der Waals surface area contributed by atoms with Crippen molar-refractivity contribution in [2.24, 2.45) is 5.41 Å². The van der Waals surface area contributed by atoms with Gasteiger partial charge in [-0.1, -0.05) is 20.8 Å². The minimum Gasteiger partial charge on any atom is -0.495 e. The highest BCUT2D eigenvalue weighted by atomic mass is 19.4. The topological polar surface area (TPSA) is 75.7 Å². The molecule has 0 saturated carbocycles. The molecule has 1 N–H and O–H groups in total. The highest BCUT2D eigenvalue weighted by Crippen LogP contribution is 2.40. The first-order valence-corrected chi connectivity index (χ1v) is 8.86. The van der Waals surface area contributed by atoms with Crippen LogP contribution < -0.4 is 25.8 Å². The van der Waals surface area contributed by atoms with Crippen LogP contribution in [0.15, 0.2) is 27.8 Å². The normalized spacial score (nSPS) is 13.3. The van der Waals surface area contributed by atoms with Crippen LogP contribution in [-0.2, 0) is 11.0 Å². The highest BCUT2D eigenvalue weighted by Gasteiger charge is 2.36. The van der Waals surface area contributed by atoms with Crippen molar-refractivity contribution >= 4 is 23.0 Å². The lowest BCUT2D eigenvalue weighted by Crippen LogP contribution is -2.45. The van der Waals surface area contributed by atoms with Crippen molar-refractivity contribution in [2.75, 3.05) is 17.3 Å². The molecule has 0 aromatic heterocycles. The van der Waals surface area contributed by atoms with Gasteiger partial charge >= 0.3 is 6.18 Å². The molecule has 0 aliphatic carbocycles. The summed E-state index contributed by atoms with van der Waals surface area (Å²) in [5, 5.41) is 2.93. The fourth-order valence-electron chi connectivity index (χ4n) is 2.65. The Balaban J connectivity index is 2.67. The second-order valence-corrected chi connectivity index (χ2v) is 7.85. The van der Waals surface area contributed by atoms with Crippen molar-refractivity contribution < 1.29 is 22.7 Å². The average Bonchev–Trinajstić information content (AvgIpc) is 2.61. The number of hydrogen-bond acceptors (Lipinski definition) is 5. The van der Waals surface area contributed by atoms with Gasteiger partial charge in [0.15, 0.2) is 0 Å². The molecule has 9 heteroatoms. The van der Waals surface area contributed by atoms with E-state index in [0.717, 1.165) is 24.0 Å². The van der Waals surface area contributed by atoms with Crippen molar-refractivity contribution in [3.63, 3.8) is 0 Å². The molecular weight excluding hydrogens is 389 g/mol. The summed E-state index contributed by atoms with van der Waals surface area (Å²) in [6.07, 6.45) is -4.67. The summed E-state index contributed by atoms with van der Waals surface area (Å²) in [5.74, 6) is -0.780. The predicted molar refractivity (Wildman–Crippen MR) is 105 cm³/mol. The first kappa shape index (κ1) is 22.4. The number of carbonyl (C=O) groups excluding carboxylic acids is 1. The van der Waals surface area contributed by atoms with E-state index in [1.807, 2.05) is 20.8 Å². The predicted octanol–water partition coefficient (Wildman–Crippen LogP) is 3.84. The monoisotopic (exact) mass is 412 g/mol. The van der Waals surface area contributed by atoms with Gasteiger partial charge in [0, 0.05) is 13.0 Å². The van der Waals surface area contributed by atoms with Crippen LogP contribution in [0.4, 0.5) is 30.2 Å². The lowest BCUT2D eigenvalue weighted by atomic mass is 9.87. The zero-order chi connectivity index (χ0) is 22.3. The smallest absolute Gasteiger partial charge is 0.416 e. The summed E-state index contributed by atoms with van der Waals surface area (Å²) in [6, 6.07) is 2.32. The summed E-state index contributed by atoms with van der Waals surface area (Å²) >= 11 is 0. The minimum atomic E-state index is -4.67. The second kappa shape index (κ2) is 7.53. The molecule has 0 aliphatic heterocycles. The number of ether oxygens (including phenoxy) is 1. The van der Waals surface area contributed by atoms with E-state index in [9.17, 15) is 27.6 Å². The Kier molecular flexibility index (Phi) is 5.83. The summed E-state index contributed by atoms with van der Waals surface area (Å²) in [7, 11) is 1.23. The molecule has 0 radical (unpaired) electrons. The number of halogens is 3. The Morgan fingerprint density at radius 2 is 1.72 bits per heavy atom. The average molecular weight is 412 g/mol. The van der Waals surface area contributed by atoms with E-state index in [1.165, 1.54) is 7.11 Å². The van der Waals surface area contributed by atoms with Crippen molar-refractivity contribution in [3.8, 4) is 5.75 Å². The molecule has 2 rings (SSSR count). The van der Waals surface area contributed by atoms with Gasteiger partial charge in [-0.3, -0.25) is 19.3 Å². The van der Waals surface area contributed by atoms with Crippen molar-refractivity contribution in [2.45, 2.75) is 46.8 Å². The Morgan fingerprint density at radius 3 is 2.17 bits per heavy atom. The van der Waals surface area contributed by atoms with Gasteiger partial charge in [-0.15, -0.1) is 0 Å². The third-order valence-corrected chi connectivity index (χ3v) is 4.83. The van der Waals surface area contributed by atoms with Gasteiger partial charge in [-0.25, -0.2) is 0 Å². The van der Waals surface area contributed by atoms with Crippen molar-refractivity contribution in [1.82, 2.24) is 0 Å². The first-order chi connectivity index (χ1) is 13.2. The number of benzene rings is 1.